The molecule has 0 spiro atoms. The minimum atomic E-state index is -0.0897. The molecule has 0 saturated carbocycles. The second-order valence-electron chi connectivity index (χ2n) is 6.99. The Morgan fingerprint density at radius 1 is 1.04 bits per heavy atom. The number of carbonyl (C=O) groups is 1. The molecule has 1 aliphatic carbocycles. The first-order chi connectivity index (χ1) is 13.0. The SMILES string of the molecule is CCOC(=O)CCCCCCCCC([O-])=C1C=CC(C)=C1.Cc1ccc[cH-]1.[Fe+2]. The first kappa shape index (κ1) is 26.4. The molecule has 0 aliphatic heterocycles. The molecule has 0 amide bonds. The van der Waals surface area contributed by atoms with Gasteiger partial charge in [0, 0.05) is 6.42 Å². The van der Waals surface area contributed by atoms with E-state index in [1.807, 2.05) is 44.2 Å². The molecule has 1 aliphatic rings. The van der Waals surface area contributed by atoms with Gasteiger partial charge in [-0.3, -0.25) is 4.79 Å². The van der Waals surface area contributed by atoms with Crippen LogP contribution in [0, 0.1) is 6.92 Å². The van der Waals surface area contributed by atoms with Gasteiger partial charge in [-0.1, -0.05) is 62.8 Å². The van der Waals surface area contributed by atoms with E-state index in [9.17, 15) is 9.90 Å². The van der Waals surface area contributed by atoms with Gasteiger partial charge in [0.05, 0.1) is 6.61 Å². The Morgan fingerprint density at radius 2 is 1.68 bits per heavy atom. The van der Waals surface area contributed by atoms with E-state index < -0.39 is 0 Å². The van der Waals surface area contributed by atoms with Crippen molar-refractivity contribution in [2.75, 3.05) is 6.61 Å². The Hall–Kier alpha value is -1.64. The first-order valence-electron chi connectivity index (χ1n) is 10.1. The van der Waals surface area contributed by atoms with Crippen LogP contribution in [0.25, 0.3) is 0 Å². The molecule has 0 N–H and O–H groups in total. The second-order valence-corrected chi connectivity index (χ2v) is 6.99. The fraction of sp³-hybridized carbons (Fsp3) is 0.500. The van der Waals surface area contributed by atoms with Crippen LogP contribution in [-0.2, 0) is 26.6 Å². The molecule has 2 rings (SSSR count). The first-order valence-corrected chi connectivity index (χ1v) is 10.1. The van der Waals surface area contributed by atoms with Gasteiger partial charge in [-0.2, -0.15) is 17.7 Å². The van der Waals surface area contributed by atoms with Gasteiger partial charge in [-0.15, -0.1) is 5.76 Å². The second kappa shape index (κ2) is 16.3. The van der Waals surface area contributed by atoms with Crippen molar-refractivity contribution in [2.45, 2.75) is 72.1 Å². The summed E-state index contributed by atoms with van der Waals surface area (Å²) in [4.78, 5) is 11.1. The largest absolute Gasteiger partial charge is 2.00 e. The molecule has 0 atom stereocenters. The van der Waals surface area contributed by atoms with E-state index in [1.165, 1.54) is 5.56 Å². The zero-order chi connectivity index (χ0) is 19.9. The maximum atomic E-state index is 11.9. The van der Waals surface area contributed by atoms with E-state index in [-0.39, 0.29) is 28.8 Å². The van der Waals surface area contributed by atoms with Crippen LogP contribution in [-0.4, -0.2) is 12.6 Å². The fourth-order valence-electron chi connectivity index (χ4n) is 2.85. The Kier molecular flexibility index (Phi) is 15.4. The Labute approximate surface area is 181 Å². The van der Waals surface area contributed by atoms with Crippen LogP contribution in [0.15, 0.2) is 59.4 Å². The number of ether oxygens (including phenoxy) is 1. The summed E-state index contributed by atoms with van der Waals surface area (Å²) in [5.74, 6) is 0.165. The van der Waals surface area contributed by atoms with Crippen molar-refractivity contribution >= 4 is 5.97 Å². The smallest absolute Gasteiger partial charge is 0.875 e. The number of esters is 1. The van der Waals surface area contributed by atoms with E-state index in [0.717, 1.165) is 49.7 Å². The van der Waals surface area contributed by atoms with Crippen LogP contribution in [0.3, 0.4) is 0 Å². The molecule has 0 fully saturated rings. The van der Waals surface area contributed by atoms with E-state index in [2.05, 4.69) is 19.1 Å². The summed E-state index contributed by atoms with van der Waals surface area (Å²) >= 11 is 0. The quantitative estimate of drug-likeness (QED) is 0.163. The molecule has 156 valence electrons. The molecular formula is C24H34FeO3. The standard InChI is InChI=1S/C18H28O3.C6H7.Fe/c1-3-21-18(20)11-9-7-5-4-6-8-10-17(19)16-13-12-15(2)14-16;1-6-4-2-3-5-6;/h12-14,19H,3-11H2,1-2H3;2-5H,1H3;/q;-1;+2/p-1. The van der Waals surface area contributed by atoms with Gasteiger partial charge >= 0.3 is 23.0 Å². The maximum Gasteiger partial charge on any atom is 2.00 e. The van der Waals surface area contributed by atoms with Crippen molar-refractivity contribution < 1.29 is 31.7 Å². The molecule has 0 heterocycles. The molecule has 0 saturated heterocycles. The van der Waals surface area contributed by atoms with Gasteiger partial charge in [0.15, 0.2) is 0 Å². The predicted molar refractivity (Wildman–Crippen MR) is 110 cm³/mol. The third kappa shape index (κ3) is 12.7. The number of aryl methyl sites for hydroxylation is 1. The molecule has 4 heteroatoms. The van der Waals surface area contributed by atoms with Crippen LogP contribution in [0.4, 0.5) is 0 Å². The number of hydrogen-bond acceptors (Lipinski definition) is 3. The van der Waals surface area contributed by atoms with Crippen molar-refractivity contribution in [3.63, 3.8) is 0 Å². The van der Waals surface area contributed by atoms with E-state index in [0.29, 0.717) is 19.4 Å². The minimum absolute atomic E-state index is 0. The average molecular weight is 426 g/mol. The maximum absolute atomic E-state index is 11.9. The summed E-state index contributed by atoms with van der Waals surface area (Å²) in [6.45, 7) is 6.39. The van der Waals surface area contributed by atoms with Crippen molar-refractivity contribution in [1.82, 2.24) is 0 Å². The van der Waals surface area contributed by atoms with Gasteiger partial charge < -0.3 is 9.84 Å². The molecule has 28 heavy (non-hydrogen) atoms. The summed E-state index contributed by atoms with van der Waals surface area (Å²) in [5.41, 5.74) is 3.34. The Balaban J connectivity index is 0.000000884. The molecule has 1 aromatic rings. The van der Waals surface area contributed by atoms with Crippen LogP contribution in [0.1, 0.15) is 70.8 Å². The van der Waals surface area contributed by atoms with Gasteiger partial charge in [0.1, 0.15) is 0 Å². The Morgan fingerprint density at radius 3 is 2.14 bits per heavy atom. The van der Waals surface area contributed by atoms with Gasteiger partial charge in [-0.05, 0) is 32.3 Å². The number of hydrogen-bond donors (Lipinski definition) is 0. The van der Waals surface area contributed by atoms with E-state index >= 15 is 0 Å². The van der Waals surface area contributed by atoms with Gasteiger partial charge in [-0.25, -0.2) is 12.1 Å². The number of rotatable bonds is 10. The Bertz CT molecular complexity index is 624. The van der Waals surface area contributed by atoms with Crippen molar-refractivity contribution in [2.24, 2.45) is 0 Å². The number of carbonyl (C=O) groups excluding carboxylic acids is 1. The molecule has 0 bridgehead atoms. The zero-order valence-electron chi connectivity index (χ0n) is 17.5. The van der Waals surface area contributed by atoms with Crippen LogP contribution >= 0.6 is 0 Å². The predicted octanol–water partition coefficient (Wildman–Crippen LogP) is 5.51. The molecule has 3 nitrogen and oxygen atoms in total. The third-order valence-electron chi connectivity index (χ3n) is 4.40. The van der Waals surface area contributed by atoms with Crippen molar-refractivity contribution in [1.29, 1.82) is 0 Å². The van der Waals surface area contributed by atoms with Crippen LogP contribution in [0.5, 0.6) is 0 Å². The van der Waals surface area contributed by atoms with Crippen LogP contribution < -0.4 is 5.11 Å². The van der Waals surface area contributed by atoms with Crippen molar-refractivity contribution in [3.8, 4) is 0 Å². The number of unbranched alkanes of at least 4 members (excludes halogenated alkanes) is 5. The molecular weight excluding hydrogens is 392 g/mol. The fourth-order valence-corrected chi connectivity index (χ4v) is 2.85. The summed E-state index contributed by atoms with van der Waals surface area (Å²) in [5, 5.41) is 11.9. The van der Waals surface area contributed by atoms with E-state index in [4.69, 9.17) is 4.74 Å². The number of allylic oxidation sites excluding steroid dienone is 6. The average Bonchev–Trinajstić information content (AvgIpc) is 3.29. The summed E-state index contributed by atoms with van der Waals surface area (Å²) in [6.07, 6.45) is 13.3. The molecule has 1 aromatic carbocycles. The monoisotopic (exact) mass is 426 g/mol. The molecule has 0 aromatic heterocycles. The third-order valence-corrected chi connectivity index (χ3v) is 4.40. The van der Waals surface area contributed by atoms with Gasteiger partial charge in [0.2, 0.25) is 0 Å². The van der Waals surface area contributed by atoms with Gasteiger partial charge in [0.25, 0.3) is 0 Å². The summed E-state index contributed by atoms with van der Waals surface area (Å²) < 4.78 is 4.88. The van der Waals surface area contributed by atoms with Crippen LogP contribution in [0.2, 0.25) is 0 Å². The van der Waals surface area contributed by atoms with E-state index in [1.54, 1.807) is 0 Å². The zero-order valence-corrected chi connectivity index (χ0v) is 18.6. The summed E-state index contributed by atoms with van der Waals surface area (Å²) in [7, 11) is 0. The molecule has 0 unspecified atom stereocenters. The minimum Gasteiger partial charge on any atom is -0.875 e. The van der Waals surface area contributed by atoms with Crippen molar-refractivity contribution in [3.05, 3.63) is 65.0 Å². The normalized spacial score (nSPS) is 13.9. The molecule has 0 radical (unpaired) electrons. The topological polar surface area (TPSA) is 49.4 Å². The summed E-state index contributed by atoms with van der Waals surface area (Å²) in [6, 6.07) is 8.24.